The zero-order chi connectivity index (χ0) is 58.5. The van der Waals surface area contributed by atoms with Crippen molar-refractivity contribution in [2.45, 2.75) is 146 Å². The molecule has 6 saturated heterocycles. The molecule has 9 heterocycles. The summed E-state index contributed by atoms with van der Waals surface area (Å²) in [6, 6.07) is 18.9. The third-order valence-electron chi connectivity index (χ3n) is 15.8. The van der Waals surface area contributed by atoms with E-state index in [0.29, 0.717) is 95.3 Å². The summed E-state index contributed by atoms with van der Waals surface area (Å²) in [6.45, 7) is 13.8. The van der Waals surface area contributed by atoms with Gasteiger partial charge in [-0.15, -0.1) is 6.58 Å². The average Bonchev–Trinajstić information content (AvgIpc) is 4.44. The zero-order valence-corrected chi connectivity index (χ0v) is 48.6. The van der Waals surface area contributed by atoms with Crippen molar-refractivity contribution in [3.05, 3.63) is 143 Å². The lowest BCUT2D eigenvalue weighted by molar-refractivity contribution is -0.0134. The number of morpholine rings is 3. The predicted octanol–water partition coefficient (Wildman–Crippen LogP) is 9.95. The number of hydrogen-bond donors (Lipinski definition) is 6. The minimum Gasteiger partial charge on any atom is -0.474 e. The second kappa shape index (κ2) is 28.9. The van der Waals surface area contributed by atoms with Crippen LogP contribution < -0.4 is 46.5 Å². The lowest BCUT2D eigenvalue weighted by atomic mass is 9.95. The highest BCUT2D eigenvalue weighted by atomic mass is 35.5. The number of piperidine rings is 3. The highest BCUT2D eigenvalue weighted by Crippen LogP contribution is 2.34. The summed E-state index contributed by atoms with van der Waals surface area (Å²) in [7, 11) is 0. The highest BCUT2D eigenvalue weighted by Gasteiger charge is 2.36. The van der Waals surface area contributed by atoms with Crippen LogP contribution in [0.1, 0.15) is 85.6 Å². The minimum absolute atomic E-state index is 0.0810. The SMILES string of the molecule is C=CCCc1ccc(Nc2ncnc(OC3CC4COCC(C3)N4)c2C)c(F)c1.Cc1c(Cl)ncnc1OC1CC2COCC(C1)N2.Cc1c(Nc2ccccc2F)ncnc1OC1CC2COCC(C1)N2.Nc1ccc(CC2CC2)cc1F. The topological polar surface area (TPSA) is 219 Å². The molecule has 7 N–H and O–H groups in total. The number of hydrogen-bond acceptors (Lipinski definition) is 18. The number of nitrogens with one attached hydrogen (secondary N) is 5. The molecule has 1 saturated carbocycles. The summed E-state index contributed by atoms with van der Waals surface area (Å²) < 4.78 is 76.3. The highest BCUT2D eigenvalue weighted by molar-refractivity contribution is 6.30. The molecule has 6 atom stereocenters. The van der Waals surface area contributed by atoms with Gasteiger partial charge < -0.3 is 60.7 Å². The largest absolute Gasteiger partial charge is 0.474 e. The third kappa shape index (κ3) is 16.8. The Hall–Kier alpha value is -6.72. The smallest absolute Gasteiger partial charge is 0.221 e. The van der Waals surface area contributed by atoms with Gasteiger partial charge in [-0.05, 0) is 106 Å². The Balaban J connectivity index is 0.000000130. The third-order valence-corrected chi connectivity index (χ3v) is 16.2. The molecule has 1 aliphatic carbocycles. The number of aryl methyl sites for hydroxylation is 1. The Labute approximate surface area is 494 Å². The fourth-order valence-electron chi connectivity index (χ4n) is 11.3. The first-order valence-corrected chi connectivity index (χ1v) is 29.5. The molecular formula is C62H76ClF3N12O6. The summed E-state index contributed by atoms with van der Waals surface area (Å²) in [6.07, 6.45) is 17.1. The normalized spacial score (nSPS) is 24.7. The maximum atomic E-state index is 14.5. The summed E-state index contributed by atoms with van der Waals surface area (Å²) in [4.78, 5) is 25.2. The second-order valence-electron chi connectivity index (χ2n) is 22.7. The van der Waals surface area contributed by atoms with Crippen molar-refractivity contribution in [2.24, 2.45) is 5.92 Å². The number of allylic oxidation sites excluding steroid dienone is 1. The van der Waals surface area contributed by atoms with Crippen LogP contribution in [0.15, 0.2) is 92.3 Å². The van der Waals surface area contributed by atoms with Gasteiger partial charge in [0.15, 0.2) is 0 Å². The van der Waals surface area contributed by atoms with Crippen molar-refractivity contribution in [3.63, 3.8) is 0 Å². The van der Waals surface area contributed by atoms with Gasteiger partial charge in [-0.2, -0.15) is 0 Å². The lowest BCUT2D eigenvalue weighted by Gasteiger charge is -2.39. The van der Waals surface area contributed by atoms with Crippen LogP contribution in [0.2, 0.25) is 5.15 Å². The van der Waals surface area contributed by atoms with E-state index in [1.165, 1.54) is 37.9 Å². The molecular weight excluding hydrogens is 1100 g/mol. The first-order valence-electron chi connectivity index (χ1n) is 29.1. The number of ether oxygens (including phenoxy) is 6. The Morgan fingerprint density at radius 1 is 0.571 bits per heavy atom. The van der Waals surface area contributed by atoms with Crippen molar-refractivity contribution in [1.29, 1.82) is 0 Å². The Kier molecular flexibility index (Phi) is 20.8. The first-order chi connectivity index (χ1) is 40.8. The van der Waals surface area contributed by atoms with Gasteiger partial charge in [-0.25, -0.2) is 43.1 Å². The standard InChI is InChI=1S/C22H27FN4O2.C18H21FN4O2.C12H16ClN3O2.C10H12FN/c1-3-4-5-15-6-7-20(19(23)8-15)27-21-14(2)22(25-13-24-21)29-18-9-16-11-28-12-17(10-18)26-16;1-11-17(23-16-5-3-2-4-15(16)19)20-10-21-18(11)25-14-6-12-8-24-9-13(7-14)22-12;1-7-11(13)14-6-15-12(7)18-10-2-8-4-17-5-9(3-10)16-8;11-9-6-8(3-4-10(9)12)5-7-1-2-7/h3,6-8,13,16-18,26H,1,4-5,9-12H2,2H3,(H,24,25,27);2-5,10,12-14,22H,6-9H2,1H3,(H,20,21,23);6,8-10,16H,2-5H2,1H3;3-4,6-7H,1-2,5,12H2. The van der Waals surface area contributed by atoms with Crippen LogP contribution >= 0.6 is 11.6 Å². The van der Waals surface area contributed by atoms with E-state index < -0.39 is 0 Å². The number of nitrogens with zero attached hydrogens (tertiary/aromatic N) is 6. The molecule has 7 fully saturated rings. The molecule has 7 aliphatic rings. The molecule has 0 spiro atoms. The van der Waals surface area contributed by atoms with E-state index in [4.69, 9.17) is 45.8 Å². The minimum atomic E-state index is -0.325. The maximum absolute atomic E-state index is 14.5. The van der Waals surface area contributed by atoms with Gasteiger partial charge in [0.1, 0.15) is 71.5 Å². The molecule has 18 nitrogen and oxygen atoms in total. The molecule has 13 rings (SSSR count). The van der Waals surface area contributed by atoms with Crippen LogP contribution in [0.25, 0.3) is 0 Å². The van der Waals surface area contributed by atoms with E-state index in [0.717, 1.165) is 118 Å². The van der Waals surface area contributed by atoms with Crippen LogP contribution in [0.5, 0.6) is 17.6 Å². The number of anilines is 5. The Bertz CT molecular complexity index is 3130. The number of para-hydroxylation sites is 1. The van der Waals surface area contributed by atoms with E-state index >= 15 is 0 Å². The first kappa shape index (κ1) is 60.4. The fraction of sp³-hybridized carbons (Fsp3) is 0.484. The van der Waals surface area contributed by atoms with Crippen LogP contribution in [0.4, 0.5) is 41.9 Å². The molecule has 6 bridgehead atoms. The second-order valence-corrected chi connectivity index (χ2v) is 23.1. The summed E-state index contributed by atoms with van der Waals surface area (Å²) >= 11 is 5.96. The van der Waals surface area contributed by atoms with Crippen molar-refractivity contribution in [2.75, 3.05) is 56.0 Å². The van der Waals surface area contributed by atoms with E-state index in [-0.39, 0.29) is 41.5 Å². The molecule has 0 radical (unpaired) electrons. The molecule has 6 aliphatic heterocycles. The van der Waals surface area contributed by atoms with Crippen molar-refractivity contribution >= 4 is 40.3 Å². The van der Waals surface area contributed by atoms with Gasteiger partial charge in [0.05, 0.1) is 67.8 Å². The van der Waals surface area contributed by atoms with Crippen molar-refractivity contribution in [1.82, 2.24) is 45.9 Å². The lowest BCUT2D eigenvalue weighted by Crippen LogP contribution is -2.56. The summed E-state index contributed by atoms with van der Waals surface area (Å²) in [5.74, 6) is 2.66. The predicted molar refractivity (Wildman–Crippen MR) is 316 cm³/mol. The summed E-state index contributed by atoms with van der Waals surface area (Å²) in [5.41, 5.74) is 10.7. The molecule has 3 aromatic carbocycles. The quantitative estimate of drug-likeness (QED) is 0.0320. The number of halogens is 4. The molecule has 6 aromatic rings. The van der Waals surface area contributed by atoms with Gasteiger partial charge in [0, 0.05) is 80.3 Å². The molecule has 84 heavy (non-hydrogen) atoms. The number of fused-ring (bicyclic) bond motifs is 6. The molecule has 6 unspecified atom stereocenters. The molecule has 448 valence electrons. The monoisotopic (exact) mass is 1180 g/mol. The van der Waals surface area contributed by atoms with Crippen LogP contribution in [-0.2, 0) is 27.1 Å². The number of aromatic nitrogens is 6. The Morgan fingerprint density at radius 2 is 1.01 bits per heavy atom. The van der Waals surface area contributed by atoms with Gasteiger partial charge in [-0.3, -0.25) is 0 Å². The molecule has 0 amide bonds. The van der Waals surface area contributed by atoms with Gasteiger partial charge in [0.25, 0.3) is 0 Å². The number of nitrogens with two attached hydrogens (primary N) is 1. The van der Waals surface area contributed by atoms with Gasteiger partial charge in [-0.1, -0.05) is 41.9 Å². The van der Waals surface area contributed by atoms with Gasteiger partial charge >= 0.3 is 0 Å². The van der Waals surface area contributed by atoms with E-state index in [2.05, 4.69) is 63.1 Å². The van der Waals surface area contributed by atoms with Crippen LogP contribution in [0.3, 0.4) is 0 Å². The number of rotatable bonds is 15. The average molecular weight is 1180 g/mol. The van der Waals surface area contributed by atoms with Crippen molar-refractivity contribution < 1.29 is 41.6 Å². The zero-order valence-electron chi connectivity index (χ0n) is 47.8. The van der Waals surface area contributed by atoms with Crippen LogP contribution in [0, 0.1) is 44.1 Å². The molecule has 22 heteroatoms. The number of benzene rings is 3. The van der Waals surface area contributed by atoms with Crippen LogP contribution in [-0.4, -0.2) is 124 Å². The molecule has 3 aromatic heterocycles. The van der Waals surface area contributed by atoms with E-state index in [9.17, 15) is 13.2 Å². The maximum Gasteiger partial charge on any atom is 0.221 e. The number of nitrogen functional groups attached to an aromatic ring is 1. The van der Waals surface area contributed by atoms with Crippen molar-refractivity contribution in [3.8, 4) is 17.6 Å². The Morgan fingerprint density at radius 3 is 1.46 bits per heavy atom. The summed E-state index contributed by atoms with van der Waals surface area (Å²) in [5, 5.41) is 17.2. The van der Waals surface area contributed by atoms with E-state index in [1.807, 2.05) is 39.0 Å². The fourth-order valence-corrected chi connectivity index (χ4v) is 11.4. The van der Waals surface area contributed by atoms with E-state index in [1.54, 1.807) is 42.5 Å². The van der Waals surface area contributed by atoms with Gasteiger partial charge in [0.2, 0.25) is 17.6 Å².